The SMILES string of the molecule is CCCCO[Si](OC(CCC)CCC)(c1ccccc1)c1ccccc1. The van der Waals surface area contributed by atoms with Gasteiger partial charge in [0.15, 0.2) is 0 Å². The maximum absolute atomic E-state index is 6.95. The zero-order chi connectivity index (χ0) is 18.7. The summed E-state index contributed by atoms with van der Waals surface area (Å²) in [7, 11) is -2.72. The second-order valence-corrected chi connectivity index (χ2v) is 9.78. The highest BCUT2D eigenvalue weighted by atomic mass is 28.4. The van der Waals surface area contributed by atoms with Crippen molar-refractivity contribution < 1.29 is 8.85 Å². The Hall–Kier alpha value is -1.42. The lowest BCUT2D eigenvalue weighted by atomic mass is 10.1. The van der Waals surface area contributed by atoms with Gasteiger partial charge >= 0.3 is 8.56 Å². The summed E-state index contributed by atoms with van der Waals surface area (Å²) in [5, 5.41) is 2.42. The Morgan fingerprint density at radius 2 is 1.23 bits per heavy atom. The van der Waals surface area contributed by atoms with E-state index in [0.29, 0.717) is 0 Å². The van der Waals surface area contributed by atoms with Crippen molar-refractivity contribution in [2.24, 2.45) is 0 Å². The second kappa shape index (κ2) is 11.3. The predicted molar refractivity (Wildman–Crippen MR) is 113 cm³/mol. The molecular formula is C23H34O2Si. The minimum absolute atomic E-state index is 0.249. The molecule has 2 aromatic carbocycles. The van der Waals surface area contributed by atoms with Crippen LogP contribution in [0.3, 0.4) is 0 Å². The maximum Gasteiger partial charge on any atom is 0.407 e. The fraction of sp³-hybridized carbons (Fsp3) is 0.478. The second-order valence-electron chi connectivity index (χ2n) is 6.87. The summed E-state index contributed by atoms with van der Waals surface area (Å²) in [5.74, 6) is 0. The first-order valence-corrected chi connectivity index (χ1v) is 12.0. The van der Waals surface area contributed by atoms with Gasteiger partial charge in [-0.1, -0.05) is 101 Å². The van der Waals surface area contributed by atoms with Crippen molar-refractivity contribution in [2.75, 3.05) is 6.61 Å². The Labute approximate surface area is 160 Å². The van der Waals surface area contributed by atoms with Gasteiger partial charge in [-0.3, -0.25) is 0 Å². The molecule has 0 heterocycles. The van der Waals surface area contributed by atoms with Gasteiger partial charge in [-0.2, -0.15) is 0 Å². The van der Waals surface area contributed by atoms with Crippen molar-refractivity contribution in [1.82, 2.24) is 0 Å². The van der Waals surface area contributed by atoms with E-state index in [2.05, 4.69) is 81.4 Å². The summed E-state index contributed by atoms with van der Waals surface area (Å²) in [4.78, 5) is 0. The van der Waals surface area contributed by atoms with Gasteiger partial charge < -0.3 is 8.85 Å². The van der Waals surface area contributed by atoms with E-state index in [9.17, 15) is 0 Å². The van der Waals surface area contributed by atoms with E-state index in [1.165, 1.54) is 10.4 Å². The van der Waals surface area contributed by atoms with E-state index in [4.69, 9.17) is 8.85 Å². The van der Waals surface area contributed by atoms with Crippen LogP contribution in [0.25, 0.3) is 0 Å². The minimum atomic E-state index is -2.72. The van der Waals surface area contributed by atoms with Gasteiger partial charge in [0.25, 0.3) is 0 Å². The lowest BCUT2D eigenvalue weighted by molar-refractivity contribution is 0.115. The molecule has 0 aliphatic carbocycles. The first-order chi connectivity index (χ1) is 12.8. The van der Waals surface area contributed by atoms with Crippen molar-refractivity contribution in [3.8, 4) is 0 Å². The van der Waals surface area contributed by atoms with E-state index < -0.39 is 8.56 Å². The van der Waals surface area contributed by atoms with Crippen molar-refractivity contribution in [3.63, 3.8) is 0 Å². The molecule has 2 aromatic rings. The molecule has 26 heavy (non-hydrogen) atoms. The molecule has 0 spiro atoms. The molecule has 3 heteroatoms. The molecule has 0 saturated carbocycles. The van der Waals surface area contributed by atoms with Gasteiger partial charge in [0.2, 0.25) is 0 Å². The number of benzene rings is 2. The van der Waals surface area contributed by atoms with Crippen LogP contribution in [0.15, 0.2) is 60.7 Å². The van der Waals surface area contributed by atoms with Crippen LogP contribution in [0, 0.1) is 0 Å². The molecule has 0 aliphatic heterocycles. The molecule has 2 nitrogen and oxygen atoms in total. The molecule has 0 aliphatic rings. The maximum atomic E-state index is 6.95. The molecule has 0 amide bonds. The van der Waals surface area contributed by atoms with Crippen molar-refractivity contribution in [3.05, 3.63) is 60.7 Å². The monoisotopic (exact) mass is 370 g/mol. The topological polar surface area (TPSA) is 18.5 Å². The fourth-order valence-electron chi connectivity index (χ4n) is 3.32. The number of unbranched alkanes of at least 4 members (excludes halogenated alkanes) is 1. The normalized spacial score (nSPS) is 11.8. The van der Waals surface area contributed by atoms with Crippen LogP contribution in [0.4, 0.5) is 0 Å². The predicted octanol–water partition coefficient (Wildman–Crippen LogP) is 5.05. The Bertz CT molecular complexity index is 555. The van der Waals surface area contributed by atoms with Crippen molar-refractivity contribution in [2.45, 2.75) is 65.4 Å². The summed E-state index contributed by atoms with van der Waals surface area (Å²) in [6.07, 6.45) is 6.87. The largest absolute Gasteiger partial charge is 0.407 e. The first-order valence-electron chi connectivity index (χ1n) is 10.2. The van der Waals surface area contributed by atoms with Gasteiger partial charge in [-0.05, 0) is 29.6 Å². The molecular weight excluding hydrogens is 336 g/mol. The molecule has 0 aromatic heterocycles. The Kier molecular flexibility index (Phi) is 9.10. The number of hydrogen-bond acceptors (Lipinski definition) is 2. The smallest absolute Gasteiger partial charge is 0.388 e. The van der Waals surface area contributed by atoms with Gasteiger partial charge in [-0.15, -0.1) is 0 Å². The highest BCUT2D eigenvalue weighted by Gasteiger charge is 2.44. The third kappa shape index (κ3) is 5.54. The molecule has 2 rings (SSSR count). The Morgan fingerprint density at radius 1 is 0.731 bits per heavy atom. The summed E-state index contributed by atoms with van der Waals surface area (Å²) in [6, 6.07) is 21.2. The molecule has 0 fully saturated rings. The van der Waals surface area contributed by atoms with E-state index in [0.717, 1.165) is 45.1 Å². The van der Waals surface area contributed by atoms with Crippen LogP contribution < -0.4 is 10.4 Å². The number of hydrogen-bond donors (Lipinski definition) is 0. The van der Waals surface area contributed by atoms with E-state index >= 15 is 0 Å². The lowest BCUT2D eigenvalue weighted by Gasteiger charge is -2.35. The van der Waals surface area contributed by atoms with Gasteiger partial charge in [0.05, 0.1) is 0 Å². The van der Waals surface area contributed by atoms with Crippen molar-refractivity contribution in [1.29, 1.82) is 0 Å². The van der Waals surface area contributed by atoms with Gasteiger partial charge in [-0.25, -0.2) is 0 Å². The Balaban J connectivity index is 2.48. The van der Waals surface area contributed by atoms with Crippen LogP contribution in [-0.4, -0.2) is 21.3 Å². The summed E-state index contributed by atoms with van der Waals surface area (Å²) in [5.41, 5.74) is 0. The van der Waals surface area contributed by atoms with Crippen LogP contribution in [0.1, 0.15) is 59.3 Å². The molecule has 0 unspecified atom stereocenters. The average molecular weight is 371 g/mol. The van der Waals surface area contributed by atoms with Crippen LogP contribution in [0.2, 0.25) is 0 Å². The van der Waals surface area contributed by atoms with Crippen LogP contribution in [0.5, 0.6) is 0 Å². The fourth-order valence-corrected chi connectivity index (χ4v) is 6.73. The Morgan fingerprint density at radius 3 is 1.65 bits per heavy atom. The van der Waals surface area contributed by atoms with Crippen LogP contribution in [-0.2, 0) is 8.85 Å². The standard InChI is InChI=1S/C23H34O2Si/c1-4-7-20-24-26(22-16-10-8-11-17-22,23-18-12-9-13-19-23)25-21(14-5-2)15-6-3/h8-13,16-19,21H,4-7,14-15,20H2,1-3H3. The molecule has 0 saturated heterocycles. The third-order valence-corrected chi connectivity index (χ3v) is 8.13. The van der Waals surface area contributed by atoms with Gasteiger partial charge in [0.1, 0.15) is 0 Å². The number of rotatable bonds is 12. The summed E-state index contributed by atoms with van der Waals surface area (Å²) < 4.78 is 13.6. The average Bonchev–Trinajstić information content (AvgIpc) is 2.69. The highest BCUT2D eigenvalue weighted by Crippen LogP contribution is 2.19. The highest BCUT2D eigenvalue weighted by molar-refractivity contribution is 6.92. The molecule has 0 bridgehead atoms. The molecule has 0 atom stereocenters. The molecule has 0 N–H and O–H groups in total. The quantitative estimate of drug-likeness (QED) is 0.385. The first kappa shape index (κ1) is 20.9. The third-order valence-electron chi connectivity index (χ3n) is 4.66. The molecule has 0 radical (unpaired) electrons. The van der Waals surface area contributed by atoms with Gasteiger partial charge in [0, 0.05) is 12.7 Å². The zero-order valence-corrected chi connectivity index (χ0v) is 17.6. The van der Waals surface area contributed by atoms with E-state index in [1.807, 2.05) is 0 Å². The lowest BCUT2D eigenvalue weighted by Crippen LogP contribution is -2.64. The summed E-state index contributed by atoms with van der Waals surface area (Å²) in [6.45, 7) is 7.42. The minimum Gasteiger partial charge on any atom is -0.388 e. The molecule has 142 valence electrons. The van der Waals surface area contributed by atoms with E-state index in [-0.39, 0.29) is 6.10 Å². The van der Waals surface area contributed by atoms with Crippen molar-refractivity contribution >= 4 is 18.9 Å². The van der Waals surface area contributed by atoms with Crippen LogP contribution >= 0.6 is 0 Å². The summed E-state index contributed by atoms with van der Waals surface area (Å²) >= 11 is 0. The zero-order valence-electron chi connectivity index (χ0n) is 16.6. The van der Waals surface area contributed by atoms with E-state index in [1.54, 1.807) is 0 Å².